The predicted molar refractivity (Wildman–Crippen MR) is 107 cm³/mol. The molecule has 1 saturated heterocycles. The van der Waals surface area contributed by atoms with Crippen LogP contribution < -0.4 is 4.74 Å². The van der Waals surface area contributed by atoms with E-state index in [0.29, 0.717) is 54.7 Å². The Morgan fingerprint density at radius 2 is 1.79 bits per heavy atom. The molecule has 0 aliphatic carbocycles. The average molecular weight is 390 g/mol. The molecule has 2 aliphatic heterocycles. The smallest absolute Gasteiger partial charge is 0.253 e. The Morgan fingerprint density at radius 1 is 1.07 bits per heavy atom. The van der Waals surface area contributed by atoms with Crippen LogP contribution in [0.1, 0.15) is 51.1 Å². The maximum Gasteiger partial charge on any atom is 0.253 e. The number of carbonyl (C=O) groups excluding carboxylic acids is 2. The van der Waals surface area contributed by atoms with Crippen molar-refractivity contribution in [3.63, 3.8) is 0 Å². The van der Waals surface area contributed by atoms with Crippen molar-refractivity contribution < 1.29 is 14.3 Å². The molecule has 0 radical (unpaired) electrons. The van der Waals surface area contributed by atoms with E-state index in [1.54, 1.807) is 18.2 Å². The Morgan fingerprint density at radius 3 is 2.59 bits per heavy atom. The first kappa shape index (κ1) is 17.8. The number of aromatic amines is 1. The molecule has 1 spiro atoms. The van der Waals surface area contributed by atoms with Crippen molar-refractivity contribution in [3.05, 3.63) is 52.6 Å². The number of benzene rings is 2. The van der Waals surface area contributed by atoms with E-state index in [1.807, 2.05) is 30.9 Å². The van der Waals surface area contributed by atoms with Crippen LogP contribution in [-0.4, -0.2) is 50.7 Å². The maximum absolute atomic E-state index is 12.9. The van der Waals surface area contributed by atoms with Crippen LogP contribution in [-0.2, 0) is 0 Å². The summed E-state index contributed by atoms with van der Waals surface area (Å²) in [5, 5.41) is 10.6. The summed E-state index contributed by atoms with van der Waals surface area (Å²) in [5.41, 5.74) is 4.38. The molecule has 5 rings (SSSR count). The predicted octanol–water partition coefficient (Wildman–Crippen LogP) is 3.21. The third-order valence-electron chi connectivity index (χ3n) is 6.23. The summed E-state index contributed by atoms with van der Waals surface area (Å²) in [7, 11) is 0. The highest BCUT2D eigenvalue weighted by molar-refractivity contribution is 6.01. The molecular formula is C22H22N4O3. The largest absolute Gasteiger partial charge is 0.486 e. The summed E-state index contributed by atoms with van der Waals surface area (Å²) in [6.07, 6.45) is 1.65. The van der Waals surface area contributed by atoms with Gasteiger partial charge in [-0.15, -0.1) is 0 Å². The molecule has 3 heterocycles. The van der Waals surface area contributed by atoms with Gasteiger partial charge in [-0.1, -0.05) is 0 Å². The Labute approximate surface area is 168 Å². The minimum absolute atomic E-state index is 0.0289. The SMILES string of the molecule is Cc1cc2c(cc1C)C(=O)CC1(CCN(C(=O)c3ccc4n[nH]nc4c3)CC1)O2. The highest BCUT2D eigenvalue weighted by atomic mass is 16.5. The van der Waals surface area contributed by atoms with Gasteiger partial charge in [-0.05, 0) is 55.3 Å². The number of rotatable bonds is 1. The van der Waals surface area contributed by atoms with Crippen LogP contribution in [0.4, 0.5) is 0 Å². The van der Waals surface area contributed by atoms with Gasteiger partial charge in [0.25, 0.3) is 5.91 Å². The second-order valence-electron chi connectivity index (χ2n) is 8.14. The van der Waals surface area contributed by atoms with Crippen LogP contribution in [0.3, 0.4) is 0 Å². The Kier molecular flexibility index (Phi) is 3.94. The van der Waals surface area contributed by atoms with Crippen molar-refractivity contribution in [1.29, 1.82) is 0 Å². The summed E-state index contributed by atoms with van der Waals surface area (Å²) in [5.74, 6) is 0.782. The number of H-pyrrole nitrogens is 1. The summed E-state index contributed by atoms with van der Waals surface area (Å²) in [6.45, 7) is 5.15. The lowest BCUT2D eigenvalue weighted by atomic mass is 9.81. The molecule has 0 atom stereocenters. The van der Waals surface area contributed by atoms with Gasteiger partial charge < -0.3 is 9.64 Å². The van der Waals surface area contributed by atoms with E-state index >= 15 is 0 Å². The van der Waals surface area contributed by atoms with Crippen molar-refractivity contribution in [2.75, 3.05) is 13.1 Å². The number of carbonyl (C=O) groups is 2. The van der Waals surface area contributed by atoms with Gasteiger partial charge >= 0.3 is 0 Å². The fourth-order valence-corrected chi connectivity index (χ4v) is 4.30. The summed E-state index contributed by atoms with van der Waals surface area (Å²) < 4.78 is 6.37. The number of nitrogens with one attached hydrogen (secondary N) is 1. The van der Waals surface area contributed by atoms with Gasteiger partial charge in [0, 0.05) is 31.5 Å². The van der Waals surface area contributed by atoms with Crippen molar-refractivity contribution in [2.45, 2.75) is 38.7 Å². The van der Waals surface area contributed by atoms with E-state index in [9.17, 15) is 9.59 Å². The highest BCUT2D eigenvalue weighted by Crippen LogP contribution is 2.40. The normalized spacial score (nSPS) is 18.0. The second kappa shape index (κ2) is 6.40. The number of fused-ring (bicyclic) bond motifs is 2. The lowest BCUT2D eigenvalue weighted by Gasteiger charge is -2.44. The van der Waals surface area contributed by atoms with Gasteiger partial charge in [-0.25, -0.2) is 0 Å². The van der Waals surface area contributed by atoms with Gasteiger partial charge in [0.2, 0.25) is 0 Å². The average Bonchev–Trinajstić information content (AvgIpc) is 3.17. The number of piperidine rings is 1. The van der Waals surface area contributed by atoms with E-state index < -0.39 is 5.60 Å². The third kappa shape index (κ3) is 2.97. The zero-order chi connectivity index (χ0) is 20.2. The monoisotopic (exact) mass is 390 g/mol. The maximum atomic E-state index is 12.9. The first-order valence-electron chi connectivity index (χ1n) is 9.87. The highest BCUT2D eigenvalue weighted by Gasteiger charge is 2.43. The molecule has 0 unspecified atom stereocenters. The van der Waals surface area contributed by atoms with Crippen LogP contribution in [0.15, 0.2) is 30.3 Å². The van der Waals surface area contributed by atoms with Crippen LogP contribution in [0.2, 0.25) is 0 Å². The van der Waals surface area contributed by atoms with Gasteiger partial charge in [0.05, 0.1) is 12.0 Å². The van der Waals surface area contributed by atoms with E-state index in [2.05, 4.69) is 15.4 Å². The number of likely N-dealkylation sites (tertiary alicyclic amines) is 1. The van der Waals surface area contributed by atoms with Crippen LogP contribution in [0.25, 0.3) is 11.0 Å². The fraction of sp³-hybridized carbons (Fsp3) is 0.364. The van der Waals surface area contributed by atoms with Crippen LogP contribution in [0, 0.1) is 13.8 Å². The Bertz CT molecular complexity index is 1140. The second-order valence-corrected chi connectivity index (χ2v) is 8.14. The third-order valence-corrected chi connectivity index (χ3v) is 6.23. The number of Topliss-reactive ketones (excluding diaryl/α,β-unsaturated/α-hetero) is 1. The molecule has 1 N–H and O–H groups in total. The van der Waals surface area contributed by atoms with Gasteiger partial charge in [-0.3, -0.25) is 9.59 Å². The van der Waals surface area contributed by atoms with E-state index in [4.69, 9.17) is 4.74 Å². The molecular weight excluding hydrogens is 368 g/mol. The van der Waals surface area contributed by atoms with Crippen molar-refractivity contribution in [2.24, 2.45) is 0 Å². The minimum atomic E-state index is -0.515. The molecule has 1 amide bonds. The van der Waals surface area contributed by atoms with E-state index in [-0.39, 0.29) is 11.7 Å². The first-order valence-corrected chi connectivity index (χ1v) is 9.87. The standard InChI is InChI=1S/C22H22N4O3/c1-13-9-16-19(27)12-22(29-20(16)10-14(13)2)5-7-26(8-6-22)21(28)15-3-4-17-18(11-15)24-25-23-17/h3-4,9-11H,5-8,12H2,1-2H3,(H,23,24,25). The van der Waals surface area contributed by atoms with Gasteiger partial charge in [0.15, 0.2) is 5.78 Å². The van der Waals surface area contributed by atoms with Gasteiger partial charge in [-0.2, -0.15) is 15.4 Å². The number of amides is 1. The minimum Gasteiger partial charge on any atom is -0.486 e. The molecule has 29 heavy (non-hydrogen) atoms. The topological polar surface area (TPSA) is 88.2 Å². The number of ketones is 1. The molecule has 7 heteroatoms. The summed E-state index contributed by atoms with van der Waals surface area (Å²) >= 11 is 0. The van der Waals surface area contributed by atoms with E-state index in [1.165, 1.54) is 0 Å². The lowest BCUT2D eigenvalue weighted by molar-refractivity contribution is -0.00575. The number of nitrogens with zero attached hydrogens (tertiary/aromatic N) is 3. The summed E-state index contributed by atoms with van der Waals surface area (Å²) in [6, 6.07) is 9.22. The molecule has 1 aromatic heterocycles. The molecule has 2 aromatic carbocycles. The molecule has 3 aromatic rings. The summed E-state index contributed by atoms with van der Waals surface area (Å²) in [4.78, 5) is 27.6. The molecule has 0 saturated carbocycles. The number of hydrogen-bond donors (Lipinski definition) is 1. The van der Waals surface area contributed by atoms with Crippen molar-refractivity contribution in [1.82, 2.24) is 20.3 Å². The Hall–Kier alpha value is -3.22. The zero-order valence-electron chi connectivity index (χ0n) is 16.5. The lowest BCUT2D eigenvalue weighted by Crippen LogP contribution is -2.52. The quantitative estimate of drug-likeness (QED) is 0.689. The number of hydrogen-bond acceptors (Lipinski definition) is 5. The van der Waals surface area contributed by atoms with Crippen LogP contribution >= 0.6 is 0 Å². The molecule has 7 nitrogen and oxygen atoms in total. The molecule has 148 valence electrons. The molecule has 0 bridgehead atoms. The van der Waals surface area contributed by atoms with E-state index in [0.717, 1.165) is 16.6 Å². The number of aryl methyl sites for hydroxylation is 2. The fourth-order valence-electron chi connectivity index (χ4n) is 4.30. The Balaban J connectivity index is 1.33. The first-order chi connectivity index (χ1) is 13.9. The van der Waals surface area contributed by atoms with Crippen molar-refractivity contribution >= 4 is 22.7 Å². The number of ether oxygens (including phenoxy) is 1. The van der Waals surface area contributed by atoms with Crippen LogP contribution in [0.5, 0.6) is 5.75 Å². The zero-order valence-corrected chi connectivity index (χ0v) is 16.5. The van der Waals surface area contributed by atoms with Gasteiger partial charge in [0.1, 0.15) is 22.4 Å². The number of aromatic nitrogens is 3. The molecule has 1 fully saturated rings. The van der Waals surface area contributed by atoms with Crippen molar-refractivity contribution in [3.8, 4) is 5.75 Å². The molecule has 2 aliphatic rings.